The van der Waals surface area contributed by atoms with E-state index in [0.717, 1.165) is 17.7 Å². The van der Waals surface area contributed by atoms with Gasteiger partial charge in [-0.1, -0.05) is 25.2 Å². The first kappa shape index (κ1) is 25.8. The molecule has 10 nitrogen and oxygen atoms in total. The van der Waals surface area contributed by atoms with Crippen molar-refractivity contribution in [3.05, 3.63) is 47.6 Å². The molecule has 0 aromatic carbocycles. The molecule has 0 aromatic rings. The molecule has 10 heteroatoms. The van der Waals surface area contributed by atoms with Crippen LogP contribution in [0.2, 0.25) is 0 Å². The summed E-state index contributed by atoms with van der Waals surface area (Å²) in [5, 5.41) is 21.3. The van der Waals surface area contributed by atoms with Crippen LogP contribution in [0.5, 0.6) is 0 Å². The van der Waals surface area contributed by atoms with Gasteiger partial charge < -0.3 is 33.9 Å². The molecule has 3 fully saturated rings. The number of carbonyl (C=O) groups is 3. The lowest BCUT2D eigenvalue weighted by Gasteiger charge is -2.58. The van der Waals surface area contributed by atoms with Crippen molar-refractivity contribution in [3.63, 3.8) is 0 Å². The molecule has 8 unspecified atom stereocenters. The van der Waals surface area contributed by atoms with Crippen LogP contribution in [0, 0.1) is 10.8 Å². The Hall–Kier alpha value is -2.79. The summed E-state index contributed by atoms with van der Waals surface area (Å²) in [5.74, 6) is -2.04. The van der Waals surface area contributed by atoms with Gasteiger partial charge in [0, 0.05) is 30.1 Å². The highest BCUT2D eigenvalue weighted by Crippen LogP contribution is 2.72. The molecule has 2 N–H and O–H groups in total. The van der Waals surface area contributed by atoms with Crippen LogP contribution in [0.4, 0.5) is 0 Å². The molecule has 2 spiro atoms. The second kappa shape index (κ2) is 9.20. The van der Waals surface area contributed by atoms with E-state index in [-0.39, 0.29) is 31.3 Å². The van der Waals surface area contributed by atoms with Gasteiger partial charge in [0.2, 0.25) is 0 Å². The Morgan fingerprint density at radius 1 is 0.892 bits per heavy atom. The first-order valence-corrected chi connectivity index (χ1v) is 12.4. The van der Waals surface area contributed by atoms with Gasteiger partial charge in [0.15, 0.2) is 0 Å². The molecular weight excluding hydrogens is 484 g/mol. The zero-order valence-corrected chi connectivity index (χ0v) is 21.0. The molecule has 0 radical (unpaired) electrons. The molecule has 3 aliphatic heterocycles. The molecule has 8 atom stereocenters. The molecule has 0 aromatic heterocycles. The summed E-state index contributed by atoms with van der Waals surface area (Å²) in [5.41, 5.74) is -1.53. The number of hydrogen-bond acceptors (Lipinski definition) is 10. The third-order valence-corrected chi connectivity index (χ3v) is 8.87. The van der Waals surface area contributed by atoms with Crippen LogP contribution < -0.4 is 0 Å². The summed E-state index contributed by atoms with van der Waals surface area (Å²) in [4.78, 5) is 37.5. The molecule has 5 aliphatic rings. The van der Waals surface area contributed by atoms with Gasteiger partial charge in [-0.25, -0.2) is 14.4 Å². The van der Waals surface area contributed by atoms with Gasteiger partial charge in [0.1, 0.15) is 31.0 Å². The van der Waals surface area contributed by atoms with Crippen molar-refractivity contribution in [2.24, 2.45) is 10.8 Å². The van der Waals surface area contributed by atoms with Gasteiger partial charge in [0.25, 0.3) is 0 Å². The Labute approximate surface area is 214 Å². The van der Waals surface area contributed by atoms with Crippen molar-refractivity contribution in [1.82, 2.24) is 0 Å². The first-order valence-electron chi connectivity index (χ1n) is 12.4. The molecule has 3 heterocycles. The Kier molecular flexibility index (Phi) is 6.42. The van der Waals surface area contributed by atoms with Crippen LogP contribution in [0.1, 0.15) is 33.6 Å². The van der Waals surface area contributed by atoms with Crippen LogP contribution >= 0.6 is 0 Å². The fourth-order valence-corrected chi connectivity index (χ4v) is 6.45. The number of hydrogen-bond donors (Lipinski definition) is 2. The van der Waals surface area contributed by atoms with E-state index in [1.165, 1.54) is 25.2 Å². The van der Waals surface area contributed by atoms with Gasteiger partial charge in [-0.15, -0.1) is 0 Å². The smallest absolute Gasteiger partial charge is 0.331 e. The zero-order chi connectivity index (χ0) is 26.6. The van der Waals surface area contributed by atoms with Crippen molar-refractivity contribution < 1.29 is 48.3 Å². The average molecular weight is 517 g/mol. The summed E-state index contributed by atoms with van der Waals surface area (Å²) in [7, 11) is 0. The van der Waals surface area contributed by atoms with E-state index in [0.29, 0.717) is 13.0 Å². The maximum atomic E-state index is 12.8. The Balaban J connectivity index is 1.56. The summed E-state index contributed by atoms with van der Waals surface area (Å²) >= 11 is 0. The van der Waals surface area contributed by atoms with Gasteiger partial charge in [-0.05, 0) is 31.4 Å². The quantitative estimate of drug-likeness (QED) is 0.208. The largest absolute Gasteiger partial charge is 0.462 e. The SMILES string of the molecule is CC1=CC(=O)OCC23CC(O)C(C)=CC2OC2CC(OC(=O)C=CC=CC(=O)OCC1O)C3(C)C21CO1. The number of allylic oxidation sites excluding steroid dienone is 2. The first-order chi connectivity index (χ1) is 17.5. The number of rotatable bonds is 0. The predicted octanol–water partition coefficient (Wildman–Crippen LogP) is 1.06. The van der Waals surface area contributed by atoms with Crippen LogP contribution in [0.15, 0.2) is 47.6 Å². The van der Waals surface area contributed by atoms with Gasteiger partial charge in [0.05, 0.1) is 30.3 Å². The molecule has 1 saturated carbocycles. The lowest BCUT2D eigenvalue weighted by molar-refractivity contribution is -0.238. The highest BCUT2D eigenvalue weighted by atomic mass is 16.6. The van der Waals surface area contributed by atoms with Crippen LogP contribution in [0.3, 0.4) is 0 Å². The highest BCUT2D eigenvalue weighted by Gasteiger charge is 2.83. The molecule has 37 heavy (non-hydrogen) atoms. The van der Waals surface area contributed by atoms with Crippen molar-refractivity contribution in [2.45, 2.75) is 69.7 Å². The summed E-state index contributed by atoms with van der Waals surface area (Å²) in [6.45, 7) is 5.23. The minimum atomic E-state index is -1.21. The molecule has 2 saturated heterocycles. The van der Waals surface area contributed by atoms with E-state index >= 15 is 0 Å². The number of carbonyl (C=O) groups excluding carboxylic acids is 3. The molecule has 5 rings (SSSR count). The Morgan fingerprint density at radius 2 is 1.59 bits per heavy atom. The minimum absolute atomic E-state index is 0.132. The van der Waals surface area contributed by atoms with Gasteiger partial charge in [-0.3, -0.25) is 0 Å². The van der Waals surface area contributed by atoms with Gasteiger partial charge >= 0.3 is 17.9 Å². The topological polar surface area (TPSA) is 141 Å². The second-order valence-electron chi connectivity index (χ2n) is 10.7. The van der Waals surface area contributed by atoms with E-state index < -0.39 is 58.8 Å². The lowest BCUT2D eigenvalue weighted by atomic mass is 9.51. The highest BCUT2D eigenvalue weighted by molar-refractivity contribution is 5.85. The standard InChI is InChI=1S/C27H32O10/c1-15-8-20-26(11-17(15)28)13-34-24(32)9-16(2)18(29)12-33-22(30)6-4-5-7-23(31)37-19-10-21(36-20)27(14-35-27)25(19,26)3/h4-9,17-21,28-29H,10-14H2,1-3H3. The molecule has 2 aliphatic carbocycles. The normalized spacial score (nSPS) is 44.0. The number of ether oxygens (including phenoxy) is 5. The predicted molar refractivity (Wildman–Crippen MR) is 127 cm³/mol. The maximum Gasteiger partial charge on any atom is 0.331 e. The third kappa shape index (κ3) is 4.06. The van der Waals surface area contributed by atoms with Gasteiger partial charge in [-0.2, -0.15) is 0 Å². The summed E-state index contributed by atoms with van der Waals surface area (Å²) < 4.78 is 29.2. The zero-order valence-electron chi connectivity index (χ0n) is 21.0. The Bertz CT molecular complexity index is 1110. The Morgan fingerprint density at radius 3 is 2.30 bits per heavy atom. The van der Waals surface area contributed by atoms with Crippen LogP contribution in [0.25, 0.3) is 0 Å². The molecular formula is C27H32O10. The van der Waals surface area contributed by atoms with Crippen LogP contribution in [-0.4, -0.2) is 84.1 Å². The van der Waals surface area contributed by atoms with E-state index in [4.69, 9.17) is 23.7 Å². The number of epoxide rings is 1. The van der Waals surface area contributed by atoms with E-state index in [1.54, 1.807) is 0 Å². The van der Waals surface area contributed by atoms with Crippen LogP contribution in [-0.2, 0) is 38.1 Å². The maximum absolute atomic E-state index is 12.8. The van der Waals surface area contributed by atoms with Crippen molar-refractivity contribution >= 4 is 17.9 Å². The molecule has 200 valence electrons. The van der Waals surface area contributed by atoms with E-state index in [2.05, 4.69) is 0 Å². The number of aliphatic hydroxyl groups excluding tert-OH is 2. The van der Waals surface area contributed by atoms with Crippen molar-refractivity contribution in [1.29, 1.82) is 0 Å². The van der Waals surface area contributed by atoms with E-state index in [9.17, 15) is 24.6 Å². The van der Waals surface area contributed by atoms with Crippen molar-refractivity contribution in [3.8, 4) is 0 Å². The molecule has 2 bridgehead atoms. The summed E-state index contributed by atoms with van der Waals surface area (Å²) in [6, 6.07) is 0. The summed E-state index contributed by atoms with van der Waals surface area (Å²) in [6.07, 6.45) is 5.13. The lowest BCUT2D eigenvalue weighted by Crippen LogP contribution is -2.68. The average Bonchev–Trinajstić information content (AvgIpc) is 3.63. The second-order valence-corrected chi connectivity index (χ2v) is 10.7. The monoisotopic (exact) mass is 516 g/mol. The number of esters is 3. The van der Waals surface area contributed by atoms with Crippen molar-refractivity contribution in [2.75, 3.05) is 19.8 Å². The third-order valence-electron chi connectivity index (χ3n) is 8.87. The number of cyclic esters (lactones) is 2. The van der Waals surface area contributed by atoms with E-state index in [1.807, 2.05) is 19.9 Å². The minimum Gasteiger partial charge on any atom is -0.462 e. The number of aliphatic hydroxyl groups is 2. The fraction of sp³-hybridized carbons (Fsp3) is 0.593. The molecule has 0 amide bonds. The fourth-order valence-electron chi connectivity index (χ4n) is 6.45.